The Bertz CT molecular complexity index is 1960. The number of fused-ring (bicyclic) bond motifs is 2. The fraction of sp³-hybridized carbons (Fsp3) is 0.107. The van der Waals surface area contributed by atoms with Gasteiger partial charge < -0.3 is 26.5 Å². The maximum atomic E-state index is 13.7. The van der Waals surface area contributed by atoms with Gasteiger partial charge >= 0.3 is 6.03 Å². The highest BCUT2D eigenvalue weighted by Gasteiger charge is 2.22. The number of aromatic hydroxyl groups is 1. The molecule has 0 saturated carbocycles. The molecule has 4 aromatic heterocycles. The van der Waals surface area contributed by atoms with Gasteiger partial charge in [0.1, 0.15) is 29.1 Å². The smallest absolute Gasteiger partial charge is 0.316 e. The van der Waals surface area contributed by atoms with E-state index in [1.54, 1.807) is 33.6 Å². The molecule has 0 aliphatic rings. The van der Waals surface area contributed by atoms with Crippen LogP contribution in [0.4, 0.5) is 16.3 Å². The molecule has 0 fully saturated rings. The zero-order chi connectivity index (χ0) is 28.0. The Kier molecular flexibility index (Phi) is 5.91. The Hall–Kier alpha value is -5.65. The minimum absolute atomic E-state index is 0.0667. The first-order chi connectivity index (χ1) is 19.3. The van der Waals surface area contributed by atoms with Gasteiger partial charge in [-0.3, -0.25) is 9.36 Å². The summed E-state index contributed by atoms with van der Waals surface area (Å²) in [6.07, 6.45) is 4.91. The van der Waals surface area contributed by atoms with E-state index in [0.29, 0.717) is 50.7 Å². The van der Waals surface area contributed by atoms with Crippen LogP contribution in [0.25, 0.3) is 33.4 Å². The van der Waals surface area contributed by atoms with Crippen molar-refractivity contribution >= 4 is 34.1 Å². The van der Waals surface area contributed by atoms with Crippen LogP contribution >= 0.6 is 0 Å². The van der Waals surface area contributed by atoms with Gasteiger partial charge in [-0.05, 0) is 49.7 Å². The molecular weight excluding hydrogens is 510 g/mol. The number of amides is 2. The molecule has 6 N–H and O–H groups in total. The molecule has 200 valence electrons. The molecular formula is C28H25N9O3. The van der Waals surface area contributed by atoms with Gasteiger partial charge in [-0.2, -0.15) is 5.10 Å². The van der Waals surface area contributed by atoms with E-state index < -0.39 is 12.1 Å². The van der Waals surface area contributed by atoms with E-state index in [1.165, 1.54) is 12.4 Å². The van der Waals surface area contributed by atoms with Crippen molar-refractivity contribution in [3.05, 3.63) is 95.1 Å². The molecule has 0 aliphatic carbocycles. The predicted octanol–water partition coefficient (Wildman–Crippen LogP) is 4.10. The molecule has 0 radical (unpaired) electrons. The van der Waals surface area contributed by atoms with Gasteiger partial charge in [-0.25, -0.2) is 19.3 Å². The Balaban J connectivity index is 1.46. The minimum Gasteiger partial charge on any atom is -0.507 e. The summed E-state index contributed by atoms with van der Waals surface area (Å²) >= 11 is 0. The average Bonchev–Trinajstić information content (AvgIpc) is 3.53. The molecule has 1 atom stereocenters. The molecule has 40 heavy (non-hydrogen) atoms. The van der Waals surface area contributed by atoms with Crippen LogP contribution in [0.5, 0.6) is 5.75 Å². The van der Waals surface area contributed by atoms with Crippen molar-refractivity contribution in [1.29, 1.82) is 0 Å². The van der Waals surface area contributed by atoms with Crippen molar-refractivity contribution in [3.63, 3.8) is 0 Å². The number of aromatic nitrogens is 6. The summed E-state index contributed by atoms with van der Waals surface area (Å²) in [5.41, 5.74) is 9.08. The summed E-state index contributed by atoms with van der Waals surface area (Å²) < 4.78 is 3.20. The molecule has 0 aliphatic heterocycles. The lowest BCUT2D eigenvalue weighted by atomic mass is 10.0. The van der Waals surface area contributed by atoms with Crippen LogP contribution < -0.4 is 21.9 Å². The largest absolute Gasteiger partial charge is 0.507 e. The van der Waals surface area contributed by atoms with Crippen LogP contribution in [0.3, 0.4) is 0 Å². The van der Waals surface area contributed by atoms with Crippen molar-refractivity contribution < 1.29 is 9.90 Å². The quantitative estimate of drug-likeness (QED) is 0.214. The molecule has 12 nitrogen and oxygen atoms in total. The molecule has 4 heterocycles. The SMILES string of the molecule is Cc1ccn2nc(C(C)Nc3ncnc4[nH]cc(-c5ccc(NC(N)=O)cc5O)c34)n(-c3ccccc3)c(=O)c12. The number of primary amides is 1. The van der Waals surface area contributed by atoms with Crippen LogP contribution in [-0.2, 0) is 0 Å². The summed E-state index contributed by atoms with van der Waals surface area (Å²) in [5.74, 6) is 0.890. The van der Waals surface area contributed by atoms with Crippen LogP contribution in [0, 0.1) is 6.92 Å². The van der Waals surface area contributed by atoms with Crippen LogP contribution in [0.15, 0.2) is 78.1 Å². The number of rotatable bonds is 6. The fourth-order valence-corrected chi connectivity index (χ4v) is 4.87. The predicted molar refractivity (Wildman–Crippen MR) is 152 cm³/mol. The van der Waals surface area contributed by atoms with Gasteiger partial charge in [0.15, 0.2) is 5.82 Å². The molecule has 0 spiro atoms. The molecule has 1 unspecified atom stereocenters. The summed E-state index contributed by atoms with van der Waals surface area (Å²) in [6, 6.07) is 14.7. The minimum atomic E-state index is -0.732. The Morgan fingerprint density at radius 3 is 2.65 bits per heavy atom. The number of H-pyrrole nitrogens is 1. The molecule has 2 aromatic carbocycles. The van der Waals surface area contributed by atoms with E-state index in [4.69, 9.17) is 10.8 Å². The molecule has 6 aromatic rings. The Morgan fingerprint density at radius 2 is 1.90 bits per heavy atom. The van der Waals surface area contributed by atoms with E-state index in [9.17, 15) is 14.7 Å². The van der Waals surface area contributed by atoms with Crippen LogP contribution in [0.2, 0.25) is 0 Å². The van der Waals surface area contributed by atoms with Crippen molar-refractivity contribution in [3.8, 4) is 22.6 Å². The van der Waals surface area contributed by atoms with E-state index in [-0.39, 0.29) is 11.3 Å². The van der Waals surface area contributed by atoms with Crippen molar-refractivity contribution in [2.24, 2.45) is 5.73 Å². The summed E-state index contributed by atoms with van der Waals surface area (Å²) in [7, 11) is 0. The maximum absolute atomic E-state index is 13.7. The monoisotopic (exact) mass is 535 g/mol. The fourth-order valence-electron chi connectivity index (χ4n) is 4.87. The highest BCUT2D eigenvalue weighted by molar-refractivity contribution is 6.02. The number of phenolic OH excluding ortho intramolecular Hbond substituents is 1. The van der Waals surface area contributed by atoms with Crippen molar-refractivity contribution in [2.45, 2.75) is 19.9 Å². The summed E-state index contributed by atoms with van der Waals surface area (Å²) in [6.45, 7) is 3.78. The number of urea groups is 1. The average molecular weight is 536 g/mol. The van der Waals surface area contributed by atoms with Gasteiger partial charge in [-0.15, -0.1) is 0 Å². The lowest BCUT2D eigenvalue weighted by molar-refractivity contribution is 0.259. The second-order valence-electron chi connectivity index (χ2n) is 9.36. The number of phenols is 1. The topological polar surface area (TPSA) is 168 Å². The first kappa shape index (κ1) is 24.7. The highest BCUT2D eigenvalue weighted by Crippen LogP contribution is 2.38. The number of nitrogens with one attached hydrogen (secondary N) is 3. The first-order valence-electron chi connectivity index (χ1n) is 12.5. The Labute approximate surface area is 227 Å². The van der Waals surface area contributed by atoms with E-state index in [1.807, 2.05) is 50.2 Å². The van der Waals surface area contributed by atoms with Gasteiger partial charge in [0.05, 0.1) is 17.1 Å². The third kappa shape index (κ3) is 4.17. The van der Waals surface area contributed by atoms with E-state index in [2.05, 4.69) is 25.6 Å². The standard InChI is InChI=1S/C28H25N9O3/c1-15-10-11-36-23(15)27(39)37(18-6-4-3-5-7-18)26(35-36)16(2)33-25-22-20(13-30-24(22)31-14-32-25)19-9-8-17(12-21(19)38)34-28(29)40/h3-14,16,38H,1-2H3,(H3,29,34,40)(H2,30,31,32,33). The third-order valence-electron chi connectivity index (χ3n) is 6.69. The lowest BCUT2D eigenvalue weighted by Crippen LogP contribution is -2.29. The number of nitrogens with two attached hydrogens (primary N) is 1. The number of benzene rings is 2. The molecule has 2 amide bonds. The van der Waals surface area contributed by atoms with Gasteiger partial charge in [-0.1, -0.05) is 18.2 Å². The van der Waals surface area contributed by atoms with Crippen LogP contribution in [0.1, 0.15) is 24.4 Å². The number of hydrogen-bond acceptors (Lipinski definition) is 7. The van der Waals surface area contributed by atoms with Crippen molar-refractivity contribution in [2.75, 3.05) is 10.6 Å². The number of carbonyl (C=O) groups excluding carboxylic acids is 1. The highest BCUT2D eigenvalue weighted by atomic mass is 16.3. The summed E-state index contributed by atoms with van der Waals surface area (Å²) in [4.78, 5) is 36.9. The number of carbonyl (C=O) groups is 1. The van der Waals surface area contributed by atoms with E-state index in [0.717, 1.165) is 5.56 Å². The number of anilines is 2. The first-order valence-corrected chi connectivity index (χ1v) is 12.5. The molecule has 0 saturated heterocycles. The number of aryl methyl sites for hydroxylation is 1. The zero-order valence-corrected chi connectivity index (χ0v) is 21.6. The second-order valence-corrected chi connectivity index (χ2v) is 9.36. The summed E-state index contributed by atoms with van der Waals surface area (Å²) in [5, 5.41) is 22.0. The Morgan fingerprint density at radius 1 is 1.10 bits per heavy atom. The zero-order valence-electron chi connectivity index (χ0n) is 21.6. The van der Waals surface area contributed by atoms with E-state index >= 15 is 0 Å². The van der Waals surface area contributed by atoms with Gasteiger partial charge in [0.25, 0.3) is 5.56 Å². The van der Waals surface area contributed by atoms with Crippen molar-refractivity contribution in [1.82, 2.24) is 29.1 Å². The number of para-hydroxylation sites is 1. The third-order valence-corrected chi connectivity index (χ3v) is 6.69. The maximum Gasteiger partial charge on any atom is 0.316 e. The number of hydrogen-bond donors (Lipinski definition) is 5. The number of nitrogens with zero attached hydrogens (tertiary/aromatic N) is 5. The molecule has 0 bridgehead atoms. The molecule has 6 rings (SSSR count). The van der Waals surface area contributed by atoms with Crippen LogP contribution in [-0.4, -0.2) is 40.3 Å². The lowest BCUT2D eigenvalue weighted by Gasteiger charge is -2.20. The number of aromatic amines is 1. The second kappa shape index (κ2) is 9.58. The van der Waals surface area contributed by atoms with Gasteiger partial charge in [0.2, 0.25) is 0 Å². The molecule has 12 heteroatoms. The van der Waals surface area contributed by atoms with Gasteiger partial charge in [0, 0.05) is 35.3 Å². The normalized spacial score (nSPS) is 12.1.